The molecule has 254 valence electrons. The Hall–Kier alpha value is -3.27. The van der Waals surface area contributed by atoms with Gasteiger partial charge >= 0.3 is 0 Å². The molecule has 0 spiro atoms. The van der Waals surface area contributed by atoms with Gasteiger partial charge in [0, 0.05) is 66.8 Å². The highest BCUT2D eigenvalue weighted by molar-refractivity contribution is 8.76. The average Bonchev–Trinajstić information content (AvgIpc) is 3.11. The molecule has 0 radical (unpaired) electrons. The number of fused-ring (bicyclic) bond motifs is 2. The fourth-order valence-corrected chi connectivity index (χ4v) is 8.42. The van der Waals surface area contributed by atoms with E-state index < -0.39 is 0 Å². The normalized spacial score (nSPS) is 18.0. The van der Waals surface area contributed by atoms with Crippen molar-refractivity contribution >= 4 is 50.7 Å². The lowest BCUT2D eigenvalue weighted by molar-refractivity contribution is -0.872. The van der Waals surface area contributed by atoms with Crippen LogP contribution in [0.15, 0.2) is 103 Å². The Bertz CT molecular complexity index is 1580. The molecule has 3 aliphatic heterocycles. The molecule has 0 amide bonds. The fraction of sp³-hybridized carbons (Fsp3) is 0.375. The molecule has 0 saturated carbocycles. The lowest BCUT2D eigenvalue weighted by atomic mass is 9.93. The highest BCUT2D eigenvalue weighted by atomic mass is 33.1. The van der Waals surface area contributed by atoms with Gasteiger partial charge in [0.15, 0.2) is 18.9 Å². The van der Waals surface area contributed by atoms with E-state index in [1.54, 1.807) is 0 Å². The quantitative estimate of drug-likeness (QED) is 0.0657. The minimum atomic E-state index is 0.149. The summed E-state index contributed by atoms with van der Waals surface area (Å²) in [6.07, 6.45) is 15.4. The molecule has 48 heavy (non-hydrogen) atoms. The first-order chi connectivity index (χ1) is 23.5. The van der Waals surface area contributed by atoms with E-state index in [4.69, 9.17) is 5.11 Å². The van der Waals surface area contributed by atoms with Crippen molar-refractivity contribution in [2.45, 2.75) is 27.3 Å². The molecule has 6 nitrogen and oxygen atoms in total. The standard InChI is InChI=1S/C40H52N4O2S2/c1-4-42(39-10-6-34(7-11-39)30-33(3)36-14-18-41(19-15-36)20-26-45)21-28-47-48-29-22-43(5-2)40-12-8-35(9-13-40)31-38-32-44(25-27-46)23-16-37(38)17-24-44/h6-19,23,30-31,45-46H,4-5,20-22,24-29,32H2,1-3H3/q+2/b38-31+. The Morgan fingerprint density at radius 2 is 1.44 bits per heavy atom. The van der Waals surface area contributed by atoms with Crippen molar-refractivity contribution in [3.8, 4) is 0 Å². The molecule has 0 saturated heterocycles. The topological polar surface area (TPSA) is 50.8 Å². The van der Waals surface area contributed by atoms with Gasteiger partial charge in [-0.3, -0.25) is 4.48 Å². The second kappa shape index (κ2) is 17.9. The van der Waals surface area contributed by atoms with Crippen LogP contribution in [0.3, 0.4) is 0 Å². The van der Waals surface area contributed by atoms with E-state index in [0.717, 1.165) is 61.8 Å². The largest absolute Gasteiger partial charge is 0.390 e. The number of hydrogen-bond donors (Lipinski definition) is 2. The molecule has 4 heterocycles. The third kappa shape index (κ3) is 9.67. The fourth-order valence-electron chi connectivity index (χ4n) is 6.44. The number of aliphatic hydroxyl groups excluding tert-OH is 2. The maximum atomic E-state index is 9.56. The average molecular weight is 685 g/mol. The van der Waals surface area contributed by atoms with Crippen molar-refractivity contribution in [1.29, 1.82) is 0 Å². The first kappa shape index (κ1) is 36.0. The van der Waals surface area contributed by atoms with Gasteiger partial charge in [0.1, 0.15) is 26.2 Å². The van der Waals surface area contributed by atoms with E-state index in [1.807, 2.05) is 38.5 Å². The van der Waals surface area contributed by atoms with Crippen molar-refractivity contribution < 1.29 is 19.3 Å². The van der Waals surface area contributed by atoms with Crippen LogP contribution >= 0.6 is 21.6 Å². The minimum Gasteiger partial charge on any atom is -0.390 e. The predicted molar refractivity (Wildman–Crippen MR) is 208 cm³/mol. The van der Waals surface area contributed by atoms with Crippen molar-refractivity contribution in [2.75, 3.05) is 80.3 Å². The van der Waals surface area contributed by atoms with E-state index in [9.17, 15) is 5.11 Å². The molecule has 1 aromatic heterocycles. The van der Waals surface area contributed by atoms with E-state index >= 15 is 0 Å². The molecule has 0 aliphatic carbocycles. The van der Waals surface area contributed by atoms with Gasteiger partial charge in [0.25, 0.3) is 0 Å². The SMILES string of the molecule is CCN(CCSSCCN(CC)c1ccc(/C=C(\C)c2cc[n+](CCO)cc2)cc1)c1ccc(/C=C2\C[N+]3(CCO)C=CC2=CC3)cc1. The van der Waals surface area contributed by atoms with Gasteiger partial charge in [-0.2, -0.15) is 0 Å². The second-order valence-corrected chi connectivity index (χ2v) is 15.2. The summed E-state index contributed by atoms with van der Waals surface area (Å²) in [6.45, 7) is 14.4. The van der Waals surface area contributed by atoms with Gasteiger partial charge in [-0.1, -0.05) is 51.9 Å². The first-order valence-electron chi connectivity index (χ1n) is 17.3. The Kier molecular flexibility index (Phi) is 13.5. The number of allylic oxidation sites excluding steroid dienone is 2. The molecule has 1 atom stereocenters. The Morgan fingerprint density at radius 1 is 0.833 bits per heavy atom. The molecule has 2 bridgehead atoms. The van der Waals surface area contributed by atoms with Crippen molar-refractivity contribution in [3.63, 3.8) is 0 Å². The molecule has 3 aliphatic rings. The monoisotopic (exact) mass is 684 g/mol. The molecule has 2 aromatic carbocycles. The zero-order valence-corrected chi connectivity index (χ0v) is 30.4. The molecular formula is C40H52N4O2S2+2. The number of pyridine rings is 1. The zero-order chi connectivity index (χ0) is 33.8. The Morgan fingerprint density at radius 3 is 1.96 bits per heavy atom. The number of benzene rings is 2. The number of aliphatic hydroxyl groups is 2. The lowest BCUT2D eigenvalue weighted by Crippen LogP contribution is -2.50. The third-order valence-electron chi connectivity index (χ3n) is 9.33. The molecule has 6 rings (SSSR count). The summed E-state index contributed by atoms with van der Waals surface area (Å²) in [7, 11) is 3.94. The first-order valence-corrected chi connectivity index (χ1v) is 19.7. The van der Waals surface area contributed by atoms with Crippen LogP contribution in [0.5, 0.6) is 0 Å². The molecule has 2 N–H and O–H groups in total. The van der Waals surface area contributed by atoms with Crippen molar-refractivity contribution in [2.24, 2.45) is 0 Å². The minimum absolute atomic E-state index is 0.149. The maximum Gasteiger partial charge on any atom is 0.171 e. The predicted octanol–water partition coefficient (Wildman–Crippen LogP) is 6.92. The van der Waals surface area contributed by atoms with Crippen LogP contribution in [-0.2, 0) is 6.54 Å². The summed E-state index contributed by atoms with van der Waals surface area (Å²) in [4.78, 5) is 4.92. The summed E-state index contributed by atoms with van der Waals surface area (Å²) < 4.78 is 2.82. The molecule has 8 heteroatoms. The third-order valence-corrected chi connectivity index (χ3v) is 11.7. The molecular weight excluding hydrogens is 633 g/mol. The summed E-state index contributed by atoms with van der Waals surface area (Å²) in [5.74, 6) is 2.17. The highest BCUT2D eigenvalue weighted by Gasteiger charge is 2.33. The van der Waals surface area contributed by atoms with Crippen LogP contribution in [0.2, 0.25) is 0 Å². The number of rotatable bonds is 18. The number of quaternary nitrogens is 1. The lowest BCUT2D eigenvalue weighted by Gasteiger charge is -2.41. The zero-order valence-electron chi connectivity index (χ0n) is 28.8. The van der Waals surface area contributed by atoms with Crippen molar-refractivity contribution in [1.82, 2.24) is 0 Å². The number of anilines is 2. The van der Waals surface area contributed by atoms with Crippen LogP contribution in [-0.4, -0.2) is 85.2 Å². The number of hydrogen-bond acceptors (Lipinski definition) is 6. The molecule has 3 aromatic rings. The second-order valence-electron chi connectivity index (χ2n) is 12.5. The highest BCUT2D eigenvalue weighted by Crippen LogP contribution is 2.32. The summed E-state index contributed by atoms with van der Waals surface area (Å²) >= 11 is 0. The van der Waals surface area contributed by atoms with Gasteiger partial charge in [-0.25, -0.2) is 4.57 Å². The Balaban J connectivity index is 1.04. The van der Waals surface area contributed by atoms with Gasteiger partial charge < -0.3 is 20.0 Å². The van der Waals surface area contributed by atoms with Crippen molar-refractivity contribution in [3.05, 3.63) is 119 Å². The molecule has 0 fully saturated rings. The van der Waals surface area contributed by atoms with Gasteiger partial charge in [-0.05, 0) is 91.1 Å². The Labute approximate surface area is 295 Å². The van der Waals surface area contributed by atoms with E-state index in [-0.39, 0.29) is 13.2 Å². The molecule has 1 unspecified atom stereocenters. The van der Waals surface area contributed by atoms with Crippen LogP contribution in [0.4, 0.5) is 11.4 Å². The summed E-state index contributed by atoms with van der Waals surface area (Å²) in [5, 5.41) is 18.7. The number of nitrogens with zero attached hydrogens (tertiary/aromatic N) is 4. The van der Waals surface area contributed by atoms with E-state index in [1.165, 1.54) is 44.8 Å². The van der Waals surface area contributed by atoms with Crippen LogP contribution in [0, 0.1) is 0 Å². The number of aromatic nitrogens is 1. The van der Waals surface area contributed by atoms with Crippen LogP contribution in [0.1, 0.15) is 37.5 Å². The van der Waals surface area contributed by atoms with Gasteiger partial charge in [0.2, 0.25) is 0 Å². The summed E-state index contributed by atoms with van der Waals surface area (Å²) in [6, 6.07) is 22.1. The van der Waals surface area contributed by atoms with Gasteiger partial charge in [-0.15, -0.1) is 0 Å². The summed E-state index contributed by atoms with van der Waals surface area (Å²) in [5.41, 5.74) is 10.1. The van der Waals surface area contributed by atoms with Gasteiger partial charge in [0.05, 0.1) is 12.8 Å². The van der Waals surface area contributed by atoms with Crippen LogP contribution < -0.4 is 14.4 Å². The van der Waals surface area contributed by atoms with Crippen LogP contribution in [0.25, 0.3) is 17.7 Å². The van der Waals surface area contributed by atoms with E-state index in [0.29, 0.717) is 6.54 Å². The smallest absolute Gasteiger partial charge is 0.171 e. The van der Waals surface area contributed by atoms with E-state index in [2.05, 4.69) is 122 Å². The maximum absolute atomic E-state index is 9.56.